The molecular weight excluding hydrogens is 1250 g/mol. The number of alkyl halides is 15. The Hall–Kier alpha value is -10.5. The highest BCUT2D eigenvalue weighted by molar-refractivity contribution is 6.14. The molecule has 0 radical (unpaired) electrons. The van der Waals surface area contributed by atoms with Crippen molar-refractivity contribution >= 4 is 49.3 Å². The third-order valence-electron chi connectivity index (χ3n) is 17.5. The number of halogens is 15. The SMILES string of the molecule is [C-]#[N+]c1ccc(-c2ccc(-c3cc(C)cc(C(F)(F)F)c3)cc2-n2c3ccc(-c4ccc(C)cc4C)cc3c3cc(-c4ccc(C)cc4C)ccc32)c(-n2c3ccc(-c4ccc(C(F)(F)F)cc4C(F)(F)F)cc3c3cc(-c4ccc(C(F)(F)F)cc4C(F)(F)F)ccc32)c1. The van der Waals surface area contributed by atoms with Gasteiger partial charge in [0.25, 0.3) is 0 Å². The van der Waals surface area contributed by atoms with E-state index < -0.39 is 69.8 Å². The maximum absolute atomic E-state index is 15.0. The average Bonchev–Trinajstić information content (AvgIpc) is 1.59. The fourth-order valence-electron chi connectivity index (χ4n) is 13.2. The minimum atomic E-state index is -5.35. The topological polar surface area (TPSA) is 14.2 Å². The molecule has 0 amide bonds. The fraction of sp³-hybridized carbons (Fsp3) is 0.130. The molecule has 0 aliphatic carbocycles. The minimum Gasteiger partial charge on any atom is -0.310 e. The van der Waals surface area contributed by atoms with Crippen LogP contribution in [0.3, 0.4) is 0 Å². The van der Waals surface area contributed by atoms with Gasteiger partial charge in [0.1, 0.15) is 0 Å². The van der Waals surface area contributed by atoms with Crippen molar-refractivity contribution in [1.82, 2.24) is 9.13 Å². The highest BCUT2D eigenvalue weighted by Crippen LogP contribution is 2.49. The van der Waals surface area contributed by atoms with E-state index in [2.05, 4.69) is 29.1 Å². The molecule has 95 heavy (non-hydrogen) atoms. The molecule has 0 N–H and O–H groups in total. The molecule has 0 saturated carbocycles. The Bertz CT molecular complexity index is 5130. The Morgan fingerprint density at radius 2 is 0.632 bits per heavy atom. The van der Waals surface area contributed by atoms with Gasteiger partial charge in [-0.25, -0.2) is 4.85 Å². The van der Waals surface area contributed by atoms with Crippen LogP contribution < -0.4 is 0 Å². The Morgan fingerprint density at radius 3 is 1.01 bits per heavy atom. The van der Waals surface area contributed by atoms with Crippen molar-refractivity contribution in [3.63, 3.8) is 0 Å². The second kappa shape index (κ2) is 22.6. The maximum Gasteiger partial charge on any atom is 0.417 e. The van der Waals surface area contributed by atoms with Crippen molar-refractivity contribution in [3.8, 4) is 78.1 Å². The minimum absolute atomic E-state index is 0.0177. The number of rotatable bonds is 8. The Kier molecular flexibility index (Phi) is 15.0. The summed E-state index contributed by atoms with van der Waals surface area (Å²) in [6, 6.07) is 47.6. The van der Waals surface area contributed by atoms with Gasteiger partial charge >= 0.3 is 30.9 Å². The van der Waals surface area contributed by atoms with Gasteiger partial charge in [0.15, 0.2) is 5.69 Å². The molecule has 0 aliphatic rings. The summed E-state index contributed by atoms with van der Waals surface area (Å²) in [6.45, 7) is 17.9. The lowest BCUT2D eigenvalue weighted by Crippen LogP contribution is -2.12. The van der Waals surface area contributed by atoms with E-state index in [0.29, 0.717) is 63.2 Å². The van der Waals surface area contributed by atoms with Crippen LogP contribution in [0.4, 0.5) is 71.5 Å². The van der Waals surface area contributed by atoms with Crippen LogP contribution in [0, 0.1) is 41.2 Å². The van der Waals surface area contributed by atoms with Crippen molar-refractivity contribution in [2.75, 3.05) is 0 Å². The quantitative estimate of drug-likeness (QED) is 0.106. The van der Waals surface area contributed by atoms with E-state index in [-0.39, 0.29) is 62.0 Å². The monoisotopic (exact) mass is 1300 g/mol. The first-order valence-corrected chi connectivity index (χ1v) is 29.5. The van der Waals surface area contributed by atoms with Crippen LogP contribution >= 0.6 is 0 Å². The van der Waals surface area contributed by atoms with E-state index in [1.165, 1.54) is 48.5 Å². The van der Waals surface area contributed by atoms with Crippen LogP contribution in [0.15, 0.2) is 200 Å². The van der Waals surface area contributed by atoms with Gasteiger partial charge in [0.2, 0.25) is 0 Å². The molecule has 13 rings (SSSR count). The van der Waals surface area contributed by atoms with Crippen LogP contribution in [0.5, 0.6) is 0 Å². The van der Waals surface area contributed by atoms with Crippen LogP contribution in [-0.2, 0) is 30.9 Å². The molecule has 2 heterocycles. The molecule has 0 fully saturated rings. The first-order valence-electron chi connectivity index (χ1n) is 29.5. The zero-order valence-electron chi connectivity index (χ0n) is 50.6. The Balaban J connectivity index is 1.13. The van der Waals surface area contributed by atoms with Gasteiger partial charge in [-0.15, -0.1) is 0 Å². The van der Waals surface area contributed by atoms with Gasteiger partial charge < -0.3 is 9.13 Å². The summed E-state index contributed by atoms with van der Waals surface area (Å²) in [6.07, 6.45) is -25.8. The number of aryl methyl sites for hydroxylation is 5. The molecule has 11 aromatic carbocycles. The van der Waals surface area contributed by atoms with Crippen LogP contribution in [0.25, 0.3) is 127 Å². The molecule has 3 nitrogen and oxygen atoms in total. The molecule has 0 atom stereocenters. The molecule has 13 aromatic rings. The van der Waals surface area contributed by atoms with Gasteiger partial charge in [0, 0.05) is 38.4 Å². The third-order valence-corrected chi connectivity index (χ3v) is 17.5. The van der Waals surface area contributed by atoms with Crippen molar-refractivity contribution in [2.45, 2.75) is 65.5 Å². The summed E-state index contributed by atoms with van der Waals surface area (Å²) in [5, 5.41) is 1.61. The molecule has 0 aliphatic heterocycles. The molecule has 2 aromatic heterocycles. The van der Waals surface area contributed by atoms with Gasteiger partial charge in [0.05, 0.1) is 62.1 Å². The summed E-state index contributed by atoms with van der Waals surface area (Å²) in [7, 11) is 0. The maximum atomic E-state index is 15.0. The first kappa shape index (κ1) is 63.2. The summed E-state index contributed by atoms with van der Waals surface area (Å²) in [4.78, 5) is 3.76. The first-order chi connectivity index (χ1) is 44.7. The van der Waals surface area contributed by atoms with Crippen molar-refractivity contribution in [3.05, 3.63) is 267 Å². The normalized spacial score (nSPS) is 12.6. The van der Waals surface area contributed by atoms with Crippen molar-refractivity contribution in [2.24, 2.45) is 0 Å². The van der Waals surface area contributed by atoms with E-state index in [9.17, 15) is 65.9 Å². The molecule has 0 unspecified atom stereocenters. The van der Waals surface area contributed by atoms with Crippen LogP contribution in [0.1, 0.15) is 55.6 Å². The predicted octanol–water partition coefficient (Wildman–Crippen LogP) is 25.1. The lowest BCUT2D eigenvalue weighted by atomic mass is 9.94. The van der Waals surface area contributed by atoms with Gasteiger partial charge in [-0.1, -0.05) is 114 Å². The van der Waals surface area contributed by atoms with E-state index >= 15 is 0 Å². The summed E-state index contributed by atoms with van der Waals surface area (Å²) < 4.78 is 222. The number of aromatic nitrogens is 2. The van der Waals surface area contributed by atoms with E-state index in [1.54, 1.807) is 41.8 Å². The molecule has 476 valence electrons. The average molecular weight is 1300 g/mol. The lowest BCUT2D eigenvalue weighted by Gasteiger charge is -2.21. The Morgan fingerprint density at radius 1 is 0.274 bits per heavy atom. The number of hydrogen-bond acceptors (Lipinski definition) is 0. The van der Waals surface area contributed by atoms with Crippen LogP contribution in [0.2, 0.25) is 0 Å². The summed E-state index contributed by atoms with van der Waals surface area (Å²) >= 11 is 0. The van der Waals surface area contributed by atoms with E-state index in [1.807, 2.05) is 80.8 Å². The predicted molar refractivity (Wildman–Crippen MR) is 343 cm³/mol. The van der Waals surface area contributed by atoms with Crippen molar-refractivity contribution < 1.29 is 65.9 Å². The molecule has 0 saturated heterocycles. The Labute approximate surface area is 533 Å². The molecule has 0 bridgehead atoms. The molecular formula is C77H48F15N3. The molecule has 18 heteroatoms. The smallest absolute Gasteiger partial charge is 0.310 e. The van der Waals surface area contributed by atoms with Gasteiger partial charge in [-0.3, -0.25) is 0 Å². The zero-order chi connectivity index (χ0) is 67.7. The van der Waals surface area contributed by atoms with E-state index in [4.69, 9.17) is 6.57 Å². The van der Waals surface area contributed by atoms with E-state index in [0.717, 1.165) is 67.4 Å². The fourth-order valence-corrected chi connectivity index (χ4v) is 13.2. The van der Waals surface area contributed by atoms with Crippen molar-refractivity contribution in [1.29, 1.82) is 0 Å². The standard InChI is InChI=1S/C77H48F15N3/c1-40-7-17-55(43(4)27-40)46-10-23-67-61(32-46)62-33-47(56-18-8-41(2)28-44(56)5)11-24-68(62)94(67)71-36-45(50-29-42(3)30-53(31-50)75(84,85)86)9-19-59(71)60-22-16-54(93-6)39-72(60)95-69-25-12-48(57-20-14-51(73(78,79)80)37-65(57)76(87,88)89)34-63(69)64-35-49(13-26-70(64)95)58-21-15-52(74(81,82)83)38-66(58)77(90,91)92/h7-39H,1-5H3. The highest BCUT2D eigenvalue weighted by atomic mass is 19.4. The third kappa shape index (κ3) is 11.5. The summed E-state index contributed by atoms with van der Waals surface area (Å²) in [5.41, 5.74) is 2.31. The summed E-state index contributed by atoms with van der Waals surface area (Å²) in [5.74, 6) is 0. The number of fused-ring (bicyclic) bond motifs is 6. The second-order valence-corrected chi connectivity index (χ2v) is 23.9. The zero-order valence-corrected chi connectivity index (χ0v) is 50.6. The molecule has 0 spiro atoms. The lowest BCUT2D eigenvalue weighted by molar-refractivity contribution is -0.144. The number of benzene rings is 11. The largest absolute Gasteiger partial charge is 0.417 e. The van der Waals surface area contributed by atoms with Gasteiger partial charge in [-0.05, 0) is 204 Å². The van der Waals surface area contributed by atoms with Gasteiger partial charge in [-0.2, -0.15) is 65.9 Å². The number of hydrogen-bond donors (Lipinski definition) is 0. The van der Waals surface area contributed by atoms with Crippen LogP contribution in [-0.4, -0.2) is 9.13 Å². The second-order valence-electron chi connectivity index (χ2n) is 23.9. The number of nitrogens with zero attached hydrogens (tertiary/aromatic N) is 3. The highest BCUT2D eigenvalue weighted by Gasteiger charge is 2.41.